The zero-order valence-electron chi connectivity index (χ0n) is 15.6. The van der Waals surface area contributed by atoms with Gasteiger partial charge in [0.2, 0.25) is 11.8 Å². The van der Waals surface area contributed by atoms with Crippen molar-refractivity contribution in [2.75, 3.05) is 13.1 Å². The first-order valence-electron chi connectivity index (χ1n) is 9.62. The van der Waals surface area contributed by atoms with Gasteiger partial charge >= 0.3 is 0 Å². The molecule has 1 aromatic carbocycles. The van der Waals surface area contributed by atoms with Crippen molar-refractivity contribution in [1.82, 2.24) is 15.2 Å². The van der Waals surface area contributed by atoms with Crippen LogP contribution in [0.5, 0.6) is 0 Å². The van der Waals surface area contributed by atoms with E-state index in [1.54, 1.807) is 24.2 Å². The normalized spacial score (nSPS) is 21.9. The topological polar surface area (TPSA) is 62.3 Å². The average molecular weight is 363 g/mol. The summed E-state index contributed by atoms with van der Waals surface area (Å²) < 4.78 is 0. The quantitative estimate of drug-likeness (QED) is 0.889. The second-order valence-electron chi connectivity index (χ2n) is 7.83. The number of carbonyl (C=O) groups is 2. The Morgan fingerprint density at radius 2 is 1.78 bits per heavy atom. The van der Waals surface area contributed by atoms with Gasteiger partial charge in [-0.05, 0) is 54.5 Å². The maximum Gasteiger partial charge on any atom is 0.228 e. The van der Waals surface area contributed by atoms with E-state index in [4.69, 9.17) is 0 Å². The molecule has 1 unspecified atom stereocenters. The number of rotatable bonds is 5. The largest absolute Gasteiger partial charge is 0.353 e. The van der Waals surface area contributed by atoms with Crippen LogP contribution in [0, 0.1) is 5.41 Å². The highest BCUT2D eigenvalue weighted by Crippen LogP contribution is 2.36. The predicted octanol–water partition coefficient (Wildman–Crippen LogP) is 2.81. The molecule has 1 atom stereocenters. The van der Waals surface area contributed by atoms with E-state index in [2.05, 4.69) is 34.6 Å². The molecule has 0 spiro atoms. The van der Waals surface area contributed by atoms with Crippen molar-refractivity contribution in [3.8, 4) is 11.1 Å². The lowest BCUT2D eigenvalue weighted by atomic mass is 9.79. The zero-order chi connectivity index (χ0) is 18.9. The van der Waals surface area contributed by atoms with Crippen LogP contribution in [0.3, 0.4) is 0 Å². The molecule has 2 fully saturated rings. The third kappa shape index (κ3) is 3.87. The molecule has 1 N–H and O–H groups in total. The van der Waals surface area contributed by atoms with Crippen molar-refractivity contribution < 1.29 is 9.59 Å². The fourth-order valence-electron chi connectivity index (χ4n) is 3.87. The number of nitrogens with zero attached hydrogens (tertiary/aromatic N) is 2. The molecule has 1 saturated carbocycles. The summed E-state index contributed by atoms with van der Waals surface area (Å²) in [7, 11) is 0. The molecule has 140 valence electrons. The summed E-state index contributed by atoms with van der Waals surface area (Å²) in [4.78, 5) is 30.7. The van der Waals surface area contributed by atoms with Crippen molar-refractivity contribution in [3.05, 3.63) is 54.4 Å². The van der Waals surface area contributed by atoms with Crippen molar-refractivity contribution in [3.63, 3.8) is 0 Å². The first-order valence-corrected chi connectivity index (χ1v) is 9.62. The van der Waals surface area contributed by atoms with Crippen LogP contribution in [-0.4, -0.2) is 40.8 Å². The van der Waals surface area contributed by atoms with Gasteiger partial charge in [-0.2, -0.15) is 0 Å². The van der Waals surface area contributed by atoms with Crippen LogP contribution >= 0.6 is 0 Å². The lowest BCUT2D eigenvalue weighted by Crippen LogP contribution is -2.45. The molecule has 2 amide bonds. The Balaban J connectivity index is 1.54. The number of amides is 2. The second kappa shape index (κ2) is 7.14. The van der Waals surface area contributed by atoms with Crippen LogP contribution < -0.4 is 5.32 Å². The SMILES string of the molecule is CC(=O)N1CCC(Cc2ccc(-c3ccncc3)cc2)(C(=O)NC2CC2)C1. The lowest BCUT2D eigenvalue weighted by molar-refractivity contribution is -0.132. The highest BCUT2D eigenvalue weighted by molar-refractivity contribution is 5.85. The highest BCUT2D eigenvalue weighted by atomic mass is 16.2. The fraction of sp³-hybridized carbons (Fsp3) is 0.409. The number of carbonyl (C=O) groups excluding carboxylic acids is 2. The van der Waals surface area contributed by atoms with Crippen LogP contribution in [0.15, 0.2) is 48.8 Å². The van der Waals surface area contributed by atoms with E-state index in [0.29, 0.717) is 25.6 Å². The van der Waals surface area contributed by atoms with Crippen LogP contribution in [-0.2, 0) is 16.0 Å². The Hall–Kier alpha value is -2.69. The van der Waals surface area contributed by atoms with Crippen molar-refractivity contribution in [2.45, 2.75) is 38.6 Å². The molecule has 2 heterocycles. The summed E-state index contributed by atoms with van der Waals surface area (Å²) in [6.07, 6.45) is 7.09. The Kier molecular flexibility index (Phi) is 4.68. The van der Waals surface area contributed by atoms with Gasteiger partial charge in [-0.1, -0.05) is 24.3 Å². The molecule has 27 heavy (non-hydrogen) atoms. The number of likely N-dealkylation sites (tertiary alicyclic amines) is 1. The van der Waals surface area contributed by atoms with E-state index in [-0.39, 0.29) is 11.8 Å². The average Bonchev–Trinajstić information content (AvgIpc) is 3.39. The van der Waals surface area contributed by atoms with Crippen molar-refractivity contribution >= 4 is 11.8 Å². The minimum atomic E-state index is -0.521. The van der Waals surface area contributed by atoms with Gasteiger partial charge in [0, 0.05) is 38.4 Å². The fourth-order valence-corrected chi connectivity index (χ4v) is 3.87. The predicted molar refractivity (Wildman–Crippen MR) is 104 cm³/mol. The number of pyridine rings is 1. The van der Waals surface area contributed by atoms with E-state index >= 15 is 0 Å². The van der Waals surface area contributed by atoms with Gasteiger partial charge in [0.25, 0.3) is 0 Å². The molecule has 1 aliphatic carbocycles. The maximum absolute atomic E-state index is 13.0. The number of hydrogen-bond donors (Lipinski definition) is 1. The number of nitrogens with one attached hydrogen (secondary N) is 1. The molecule has 1 aliphatic heterocycles. The van der Waals surface area contributed by atoms with Gasteiger partial charge in [0.1, 0.15) is 0 Å². The van der Waals surface area contributed by atoms with Crippen LogP contribution in [0.2, 0.25) is 0 Å². The molecule has 2 aliphatic rings. The third-order valence-corrected chi connectivity index (χ3v) is 5.70. The highest BCUT2D eigenvalue weighted by Gasteiger charge is 2.46. The van der Waals surface area contributed by atoms with E-state index < -0.39 is 5.41 Å². The summed E-state index contributed by atoms with van der Waals surface area (Å²) in [5, 5.41) is 3.17. The maximum atomic E-state index is 13.0. The van der Waals surface area contributed by atoms with Gasteiger partial charge < -0.3 is 10.2 Å². The van der Waals surface area contributed by atoms with Crippen LogP contribution in [0.4, 0.5) is 0 Å². The molecule has 1 saturated heterocycles. The third-order valence-electron chi connectivity index (χ3n) is 5.70. The molecular formula is C22H25N3O2. The molecule has 4 rings (SSSR count). The Labute approximate surface area is 159 Å². The summed E-state index contributed by atoms with van der Waals surface area (Å²) in [6.45, 7) is 2.74. The number of benzene rings is 1. The second-order valence-corrected chi connectivity index (χ2v) is 7.83. The van der Waals surface area contributed by atoms with E-state index in [1.807, 2.05) is 12.1 Å². The van der Waals surface area contributed by atoms with Gasteiger partial charge in [-0.15, -0.1) is 0 Å². The monoisotopic (exact) mass is 363 g/mol. The standard InChI is InChI=1S/C22H25N3O2/c1-16(26)25-13-10-22(15-25,21(27)24-20-6-7-20)14-17-2-4-18(5-3-17)19-8-11-23-12-9-19/h2-5,8-9,11-12,20H,6-7,10,13-15H2,1H3,(H,24,27). The molecule has 1 aromatic heterocycles. The van der Waals surface area contributed by atoms with E-state index in [9.17, 15) is 9.59 Å². The van der Waals surface area contributed by atoms with Gasteiger partial charge in [-0.25, -0.2) is 0 Å². The summed E-state index contributed by atoms with van der Waals surface area (Å²) in [5.74, 6) is 0.149. The molecule has 5 nitrogen and oxygen atoms in total. The molecule has 2 aromatic rings. The number of aromatic nitrogens is 1. The minimum Gasteiger partial charge on any atom is -0.353 e. The van der Waals surface area contributed by atoms with Crippen LogP contribution in [0.1, 0.15) is 31.7 Å². The van der Waals surface area contributed by atoms with Gasteiger partial charge in [0.05, 0.1) is 5.41 Å². The Morgan fingerprint density at radius 1 is 1.11 bits per heavy atom. The zero-order valence-corrected chi connectivity index (χ0v) is 15.6. The molecule has 0 radical (unpaired) electrons. The summed E-state index contributed by atoms with van der Waals surface area (Å²) >= 11 is 0. The molecule has 5 heteroatoms. The molecule has 0 bridgehead atoms. The minimum absolute atomic E-state index is 0.0455. The van der Waals surface area contributed by atoms with E-state index in [0.717, 1.165) is 36.0 Å². The van der Waals surface area contributed by atoms with Gasteiger partial charge in [0.15, 0.2) is 0 Å². The van der Waals surface area contributed by atoms with E-state index in [1.165, 1.54) is 0 Å². The lowest BCUT2D eigenvalue weighted by Gasteiger charge is -2.28. The Morgan fingerprint density at radius 3 is 2.37 bits per heavy atom. The first kappa shape index (κ1) is 17.7. The Bertz CT molecular complexity index is 830. The molecular weight excluding hydrogens is 338 g/mol. The number of hydrogen-bond acceptors (Lipinski definition) is 3. The van der Waals surface area contributed by atoms with Crippen molar-refractivity contribution in [1.29, 1.82) is 0 Å². The summed E-state index contributed by atoms with van der Waals surface area (Å²) in [6, 6.07) is 12.7. The smallest absolute Gasteiger partial charge is 0.228 e. The first-order chi connectivity index (χ1) is 13.1. The van der Waals surface area contributed by atoms with Crippen LogP contribution in [0.25, 0.3) is 11.1 Å². The summed E-state index contributed by atoms with van der Waals surface area (Å²) in [5.41, 5.74) is 2.87. The van der Waals surface area contributed by atoms with Crippen molar-refractivity contribution in [2.24, 2.45) is 5.41 Å². The van der Waals surface area contributed by atoms with Gasteiger partial charge in [-0.3, -0.25) is 14.6 Å².